The smallest absolute Gasteiger partial charge is 0.133 e. The molecular formula is C21H34O2. The molecule has 0 amide bonds. The molecule has 0 saturated heterocycles. The van der Waals surface area contributed by atoms with Crippen LogP contribution < -0.4 is 0 Å². The first-order chi connectivity index (χ1) is 10.9. The normalized spacial score (nSPS) is 55.7. The summed E-state index contributed by atoms with van der Waals surface area (Å²) in [7, 11) is 0. The van der Waals surface area contributed by atoms with E-state index in [1.165, 1.54) is 38.5 Å². The molecule has 5 unspecified atom stereocenters. The summed E-state index contributed by atoms with van der Waals surface area (Å²) in [6.07, 6.45) is 10.9. The molecular weight excluding hydrogens is 284 g/mol. The van der Waals surface area contributed by atoms with Gasteiger partial charge in [0.2, 0.25) is 0 Å². The Hall–Kier alpha value is -0.370. The van der Waals surface area contributed by atoms with Gasteiger partial charge in [0.25, 0.3) is 0 Å². The lowest BCUT2D eigenvalue weighted by Crippen LogP contribution is -2.54. The number of fused-ring (bicyclic) bond motifs is 5. The minimum Gasteiger partial charge on any atom is -0.393 e. The highest BCUT2D eigenvalue weighted by molar-refractivity contribution is 5.79. The number of ketones is 1. The van der Waals surface area contributed by atoms with Crippen LogP contribution in [-0.2, 0) is 4.79 Å². The summed E-state index contributed by atoms with van der Waals surface area (Å²) in [4.78, 5) is 12.2. The summed E-state index contributed by atoms with van der Waals surface area (Å²) in [6, 6.07) is 0. The average Bonchev–Trinajstić information content (AvgIpc) is 2.85. The van der Waals surface area contributed by atoms with Gasteiger partial charge in [-0.25, -0.2) is 0 Å². The van der Waals surface area contributed by atoms with Crippen LogP contribution in [0, 0.1) is 40.4 Å². The molecule has 0 aromatic carbocycles. The van der Waals surface area contributed by atoms with E-state index in [1.807, 2.05) is 6.92 Å². The van der Waals surface area contributed by atoms with E-state index in [0.29, 0.717) is 17.1 Å². The zero-order valence-electron chi connectivity index (χ0n) is 15.2. The van der Waals surface area contributed by atoms with Crippen LogP contribution in [0.15, 0.2) is 0 Å². The van der Waals surface area contributed by atoms with Gasteiger partial charge in [-0.15, -0.1) is 0 Å². The second-order valence-electron chi connectivity index (χ2n) is 9.87. The van der Waals surface area contributed by atoms with Crippen molar-refractivity contribution >= 4 is 5.78 Å². The molecule has 0 spiro atoms. The fraction of sp³-hybridized carbons (Fsp3) is 0.952. The van der Waals surface area contributed by atoms with Crippen molar-refractivity contribution in [3.63, 3.8) is 0 Å². The van der Waals surface area contributed by atoms with E-state index in [9.17, 15) is 9.90 Å². The van der Waals surface area contributed by atoms with Crippen LogP contribution >= 0.6 is 0 Å². The molecule has 23 heavy (non-hydrogen) atoms. The topological polar surface area (TPSA) is 37.3 Å². The Kier molecular flexibility index (Phi) is 3.72. The quantitative estimate of drug-likeness (QED) is 0.767. The monoisotopic (exact) mass is 318 g/mol. The van der Waals surface area contributed by atoms with E-state index in [0.717, 1.165) is 42.9 Å². The van der Waals surface area contributed by atoms with Crippen LogP contribution in [0.3, 0.4) is 0 Å². The number of carbonyl (C=O) groups excluding carboxylic acids is 1. The Balaban J connectivity index is 1.61. The van der Waals surface area contributed by atoms with Crippen LogP contribution in [0.1, 0.15) is 78.6 Å². The predicted octanol–water partition coefficient (Wildman–Crippen LogP) is 4.60. The van der Waals surface area contributed by atoms with Crippen molar-refractivity contribution < 1.29 is 9.90 Å². The highest BCUT2D eigenvalue weighted by atomic mass is 16.3. The highest BCUT2D eigenvalue weighted by Gasteiger charge is 2.60. The van der Waals surface area contributed by atoms with Gasteiger partial charge in [0.15, 0.2) is 0 Å². The van der Waals surface area contributed by atoms with E-state index in [1.54, 1.807) is 0 Å². The van der Waals surface area contributed by atoms with Crippen LogP contribution in [-0.4, -0.2) is 17.0 Å². The SMILES string of the molecule is CC(=O)[C@H]1CCC2C3CC[C@H]4CC(O)CCC4(C)C3CC[C@@]21C. The molecule has 2 nitrogen and oxygen atoms in total. The molecule has 4 aliphatic rings. The number of rotatable bonds is 1. The van der Waals surface area contributed by atoms with Gasteiger partial charge in [-0.3, -0.25) is 4.79 Å². The lowest BCUT2D eigenvalue weighted by molar-refractivity contribution is -0.138. The van der Waals surface area contributed by atoms with Crippen LogP contribution in [0.4, 0.5) is 0 Å². The predicted molar refractivity (Wildman–Crippen MR) is 91.9 cm³/mol. The van der Waals surface area contributed by atoms with Crippen LogP contribution in [0.2, 0.25) is 0 Å². The summed E-state index contributed by atoms with van der Waals surface area (Å²) >= 11 is 0. The number of aliphatic hydroxyl groups excluding tert-OH is 1. The van der Waals surface area contributed by atoms with Crippen molar-refractivity contribution in [2.24, 2.45) is 40.4 Å². The lowest BCUT2D eigenvalue weighted by Gasteiger charge is -2.60. The van der Waals surface area contributed by atoms with E-state index in [-0.39, 0.29) is 11.5 Å². The number of aliphatic hydroxyl groups is 1. The molecule has 130 valence electrons. The lowest BCUT2D eigenvalue weighted by atomic mass is 9.44. The molecule has 0 aromatic heterocycles. The fourth-order valence-corrected chi connectivity index (χ4v) is 7.90. The first kappa shape index (κ1) is 16.1. The van der Waals surface area contributed by atoms with E-state index < -0.39 is 0 Å². The zero-order chi connectivity index (χ0) is 16.4. The van der Waals surface area contributed by atoms with Crippen molar-refractivity contribution in [3.8, 4) is 0 Å². The van der Waals surface area contributed by atoms with Crippen molar-refractivity contribution in [1.29, 1.82) is 0 Å². The van der Waals surface area contributed by atoms with Gasteiger partial charge in [0, 0.05) is 5.92 Å². The van der Waals surface area contributed by atoms with Gasteiger partial charge in [-0.2, -0.15) is 0 Å². The maximum atomic E-state index is 12.2. The molecule has 8 atom stereocenters. The third kappa shape index (κ3) is 2.19. The average molecular weight is 319 g/mol. The van der Waals surface area contributed by atoms with Crippen molar-refractivity contribution in [2.45, 2.75) is 84.7 Å². The van der Waals surface area contributed by atoms with Gasteiger partial charge in [0.1, 0.15) is 5.78 Å². The van der Waals surface area contributed by atoms with Gasteiger partial charge < -0.3 is 5.11 Å². The number of hydrogen-bond donors (Lipinski definition) is 1. The minimum absolute atomic E-state index is 0.0490. The second-order valence-corrected chi connectivity index (χ2v) is 9.87. The van der Waals surface area contributed by atoms with E-state index in [4.69, 9.17) is 0 Å². The molecule has 1 N–H and O–H groups in total. The Bertz CT molecular complexity index is 500. The molecule has 4 rings (SSSR count). The molecule has 4 aliphatic carbocycles. The fourth-order valence-electron chi connectivity index (χ4n) is 7.90. The molecule has 4 saturated carbocycles. The molecule has 0 heterocycles. The first-order valence-electron chi connectivity index (χ1n) is 10.0. The summed E-state index contributed by atoms with van der Waals surface area (Å²) in [5.41, 5.74) is 0.738. The highest BCUT2D eigenvalue weighted by Crippen LogP contribution is 2.67. The summed E-state index contributed by atoms with van der Waals surface area (Å²) < 4.78 is 0. The number of hydrogen-bond acceptors (Lipinski definition) is 2. The maximum Gasteiger partial charge on any atom is 0.133 e. The van der Waals surface area contributed by atoms with E-state index >= 15 is 0 Å². The van der Waals surface area contributed by atoms with Gasteiger partial charge in [-0.05, 0) is 99.2 Å². The number of carbonyl (C=O) groups is 1. The summed E-state index contributed by atoms with van der Waals surface area (Å²) in [6.45, 7) is 6.80. The van der Waals surface area contributed by atoms with Crippen LogP contribution in [0.25, 0.3) is 0 Å². The molecule has 0 aliphatic heterocycles. The Labute approximate surface area is 141 Å². The third-order valence-corrected chi connectivity index (χ3v) is 9.13. The Morgan fingerprint density at radius 2 is 1.61 bits per heavy atom. The van der Waals surface area contributed by atoms with Crippen molar-refractivity contribution in [2.75, 3.05) is 0 Å². The van der Waals surface area contributed by atoms with Gasteiger partial charge in [-0.1, -0.05) is 13.8 Å². The number of Topliss-reactive ketones (excluding diaryl/α,β-unsaturated/α-hetero) is 1. The standard InChI is InChI=1S/C21H34O2/c1-13(22)17-6-7-18-16-5-4-14-12-15(23)8-10-20(14,2)19(16)9-11-21(17,18)3/h14-19,23H,4-12H2,1-3H3/t14-,15?,16?,17+,18?,19?,20?,21+/m0/s1. The third-order valence-electron chi connectivity index (χ3n) is 9.13. The van der Waals surface area contributed by atoms with Crippen molar-refractivity contribution in [3.05, 3.63) is 0 Å². The largest absolute Gasteiger partial charge is 0.393 e. The summed E-state index contributed by atoms with van der Waals surface area (Å²) in [5.74, 6) is 3.97. The Morgan fingerprint density at radius 1 is 0.913 bits per heavy atom. The van der Waals surface area contributed by atoms with E-state index in [2.05, 4.69) is 13.8 Å². The minimum atomic E-state index is -0.0490. The zero-order valence-corrected chi connectivity index (χ0v) is 15.2. The van der Waals surface area contributed by atoms with Crippen LogP contribution in [0.5, 0.6) is 0 Å². The molecule has 0 radical (unpaired) electrons. The maximum absolute atomic E-state index is 12.2. The Morgan fingerprint density at radius 3 is 2.35 bits per heavy atom. The molecule has 4 fully saturated rings. The summed E-state index contributed by atoms with van der Waals surface area (Å²) in [5, 5.41) is 10.1. The van der Waals surface area contributed by atoms with Gasteiger partial charge in [0.05, 0.1) is 6.10 Å². The first-order valence-corrected chi connectivity index (χ1v) is 10.0. The molecule has 0 aromatic rings. The van der Waals surface area contributed by atoms with Gasteiger partial charge >= 0.3 is 0 Å². The molecule has 2 heteroatoms. The molecule has 0 bridgehead atoms. The van der Waals surface area contributed by atoms with Crippen molar-refractivity contribution in [1.82, 2.24) is 0 Å². The second kappa shape index (κ2) is 5.31.